The summed E-state index contributed by atoms with van der Waals surface area (Å²) in [7, 11) is 1.41. The minimum atomic E-state index is -0.206. The van der Waals surface area contributed by atoms with Gasteiger partial charge in [0.15, 0.2) is 0 Å². The molecule has 94 valence electrons. The number of anilines is 1. The van der Waals surface area contributed by atoms with Crippen molar-refractivity contribution >= 4 is 11.7 Å². The first-order chi connectivity index (χ1) is 8.15. The minimum absolute atomic E-state index is 0.206. The number of rotatable bonds is 6. The quantitative estimate of drug-likeness (QED) is 0.603. The van der Waals surface area contributed by atoms with E-state index < -0.39 is 0 Å². The molecule has 4 nitrogen and oxygen atoms in total. The number of esters is 1. The Morgan fingerprint density at radius 1 is 1.47 bits per heavy atom. The number of benzene rings is 1. The fourth-order valence-corrected chi connectivity index (χ4v) is 1.73. The Morgan fingerprint density at radius 2 is 2.24 bits per heavy atom. The van der Waals surface area contributed by atoms with Gasteiger partial charge in [0.2, 0.25) is 0 Å². The Balaban J connectivity index is 2.62. The number of nitrogens with two attached hydrogens (primary N) is 1. The summed E-state index contributed by atoms with van der Waals surface area (Å²) >= 11 is 0. The van der Waals surface area contributed by atoms with Crippen LogP contribution < -0.4 is 5.73 Å². The molecule has 1 rings (SSSR count). The Kier molecular flexibility index (Phi) is 5.49. The SMILES string of the molecule is CCCN(CC(=O)OC)Cc1cccc(N)c1. The Morgan fingerprint density at radius 3 is 2.82 bits per heavy atom. The third-order valence-electron chi connectivity index (χ3n) is 2.48. The molecule has 0 radical (unpaired) electrons. The van der Waals surface area contributed by atoms with Gasteiger partial charge in [0.25, 0.3) is 0 Å². The van der Waals surface area contributed by atoms with Crippen molar-refractivity contribution in [2.45, 2.75) is 19.9 Å². The monoisotopic (exact) mass is 236 g/mol. The summed E-state index contributed by atoms with van der Waals surface area (Å²) in [4.78, 5) is 13.3. The molecule has 0 aliphatic heterocycles. The molecule has 1 aromatic carbocycles. The maximum atomic E-state index is 11.3. The Hall–Kier alpha value is -1.55. The van der Waals surface area contributed by atoms with E-state index in [1.165, 1.54) is 7.11 Å². The van der Waals surface area contributed by atoms with Crippen LogP contribution in [0.25, 0.3) is 0 Å². The van der Waals surface area contributed by atoms with Gasteiger partial charge in [-0.1, -0.05) is 19.1 Å². The summed E-state index contributed by atoms with van der Waals surface area (Å²) in [5, 5.41) is 0. The van der Waals surface area contributed by atoms with E-state index in [2.05, 4.69) is 16.6 Å². The van der Waals surface area contributed by atoms with Crippen LogP contribution in [-0.4, -0.2) is 31.1 Å². The standard InChI is InChI=1S/C13H20N2O2/c1-3-7-15(10-13(16)17-2)9-11-5-4-6-12(14)8-11/h4-6,8H,3,7,9-10,14H2,1-2H3. The third-order valence-corrected chi connectivity index (χ3v) is 2.48. The molecule has 0 aliphatic rings. The van der Waals surface area contributed by atoms with E-state index in [1.54, 1.807) is 0 Å². The van der Waals surface area contributed by atoms with E-state index in [4.69, 9.17) is 5.73 Å². The van der Waals surface area contributed by atoms with Gasteiger partial charge in [-0.3, -0.25) is 9.69 Å². The van der Waals surface area contributed by atoms with Gasteiger partial charge < -0.3 is 10.5 Å². The molecule has 0 fully saturated rings. The predicted octanol–water partition coefficient (Wildman–Crippen LogP) is 1.65. The lowest BCUT2D eigenvalue weighted by atomic mass is 10.2. The molecule has 4 heteroatoms. The molecule has 0 heterocycles. The van der Waals surface area contributed by atoms with Gasteiger partial charge in [-0.2, -0.15) is 0 Å². The topological polar surface area (TPSA) is 55.6 Å². The van der Waals surface area contributed by atoms with Gasteiger partial charge >= 0.3 is 5.97 Å². The lowest BCUT2D eigenvalue weighted by Gasteiger charge is -2.20. The van der Waals surface area contributed by atoms with Gasteiger partial charge in [-0.15, -0.1) is 0 Å². The molecule has 0 amide bonds. The summed E-state index contributed by atoms with van der Waals surface area (Å²) in [5.41, 5.74) is 7.59. The molecule has 0 aromatic heterocycles. The molecule has 0 atom stereocenters. The largest absolute Gasteiger partial charge is 0.468 e. The van der Waals surface area contributed by atoms with E-state index in [0.29, 0.717) is 13.1 Å². The fourth-order valence-electron chi connectivity index (χ4n) is 1.73. The van der Waals surface area contributed by atoms with Gasteiger partial charge in [0.05, 0.1) is 13.7 Å². The number of carbonyl (C=O) groups is 1. The van der Waals surface area contributed by atoms with Crippen LogP contribution in [0, 0.1) is 0 Å². The summed E-state index contributed by atoms with van der Waals surface area (Å²) in [6.07, 6.45) is 0.999. The van der Waals surface area contributed by atoms with E-state index in [0.717, 1.165) is 24.2 Å². The molecule has 0 unspecified atom stereocenters. The predicted molar refractivity (Wildman–Crippen MR) is 68.4 cm³/mol. The number of carbonyl (C=O) groups excluding carboxylic acids is 1. The number of hydrogen-bond acceptors (Lipinski definition) is 4. The first-order valence-electron chi connectivity index (χ1n) is 5.79. The van der Waals surface area contributed by atoms with Crippen LogP contribution in [0.3, 0.4) is 0 Å². The Bertz CT molecular complexity index is 366. The average Bonchev–Trinajstić information content (AvgIpc) is 2.29. The van der Waals surface area contributed by atoms with Crippen molar-refractivity contribution in [2.75, 3.05) is 25.9 Å². The van der Waals surface area contributed by atoms with Crippen LogP contribution in [0.2, 0.25) is 0 Å². The van der Waals surface area contributed by atoms with Crippen LogP contribution in [0.15, 0.2) is 24.3 Å². The lowest BCUT2D eigenvalue weighted by molar-refractivity contribution is -0.142. The van der Waals surface area contributed by atoms with Crippen LogP contribution in [0.4, 0.5) is 5.69 Å². The van der Waals surface area contributed by atoms with E-state index in [9.17, 15) is 4.79 Å². The number of nitrogens with zero attached hydrogens (tertiary/aromatic N) is 1. The number of methoxy groups -OCH3 is 1. The molecule has 2 N–H and O–H groups in total. The van der Waals surface area contributed by atoms with E-state index in [-0.39, 0.29) is 5.97 Å². The molecular formula is C13H20N2O2. The zero-order chi connectivity index (χ0) is 12.7. The molecule has 0 bridgehead atoms. The first-order valence-corrected chi connectivity index (χ1v) is 5.79. The lowest BCUT2D eigenvalue weighted by Crippen LogP contribution is -2.30. The van der Waals surface area contributed by atoms with Gasteiger partial charge in [-0.05, 0) is 30.7 Å². The second kappa shape index (κ2) is 6.91. The summed E-state index contributed by atoms with van der Waals surface area (Å²) in [5.74, 6) is -0.206. The van der Waals surface area contributed by atoms with Crippen molar-refractivity contribution in [3.05, 3.63) is 29.8 Å². The normalized spacial score (nSPS) is 10.5. The zero-order valence-corrected chi connectivity index (χ0v) is 10.5. The molecule has 1 aromatic rings. The highest BCUT2D eigenvalue weighted by Gasteiger charge is 2.10. The van der Waals surface area contributed by atoms with Gasteiger partial charge in [0, 0.05) is 12.2 Å². The van der Waals surface area contributed by atoms with Crippen molar-refractivity contribution in [1.82, 2.24) is 4.90 Å². The van der Waals surface area contributed by atoms with Crippen LogP contribution in [0.5, 0.6) is 0 Å². The van der Waals surface area contributed by atoms with Crippen molar-refractivity contribution in [3.8, 4) is 0 Å². The highest BCUT2D eigenvalue weighted by Crippen LogP contribution is 2.10. The molecule has 0 spiro atoms. The van der Waals surface area contributed by atoms with Crippen LogP contribution >= 0.6 is 0 Å². The molecular weight excluding hydrogens is 216 g/mol. The number of hydrogen-bond donors (Lipinski definition) is 1. The second-order valence-electron chi connectivity index (χ2n) is 4.03. The van der Waals surface area contributed by atoms with Crippen LogP contribution in [0.1, 0.15) is 18.9 Å². The maximum absolute atomic E-state index is 11.3. The highest BCUT2D eigenvalue weighted by atomic mass is 16.5. The summed E-state index contributed by atoms with van der Waals surface area (Å²) < 4.78 is 4.68. The number of nitrogen functional groups attached to an aromatic ring is 1. The van der Waals surface area contributed by atoms with Crippen molar-refractivity contribution in [2.24, 2.45) is 0 Å². The average molecular weight is 236 g/mol. The molecule has 0 saturated carbocycles. The highest BCUT2D eigenvalue weighted by molar-refractivity contribution is 5.71. The number of ether oxygens (including phenoxy) is 1. The zero-order valence-electron chi connectivity index (χ0n) is 10.5. The van der Waals surface area contributed by atoms with Gasteiger partial charge in [-0.25, -0.2) is 0 Å². The van der Waals surface area contributed by atoms with Crippen LogP contribution in [-0.2, 0) is 16.1 Å². The first kappa shape index (κ1) is 13.5. The van der Waals surface area contributed by atoms with Crippen molar-refractivity contribution in [3.63, 3.8) is 0 Å². The summed E-state index contributed by atoms with van der Waals surface area (Å²) in [6.45, 7) is 3.99. The van der Waals surface area contributed by atoms with E-state index in [1.807, 2.05) is 24.3 Å². The minimum Gasteiger partial charge on any atom is -0.468 e. The van der Waals surface area contributed by atoms with Crippen molar-refractivity contribution < 1.29 is 9.53 Å². The smallest absolute Gasteiger partial charge is 0.319 e. The fraction of sp³-hybridized carbons (Fsp3) is 0.462. The molecule has 17 heavy (non-hydrogen) atoms. The molecule has 0 saturated heterocycles. The molecule has 0 aliphatic carbocycles. The second-order valence-corrected chi connectivity index (χ2v) is 4.03. The third kappa shape index (κ3) is 4.87. The maximum Gasteiger partial charge on any atom is 0.319 e. The van der Waals surface area contributed by atoms with E-state index >= 15 is 0 Å². The Labute approximate surface area is 102 Å². The summed E-state index contributed by atoms with van der Waals surface area (Å²) in [6, 6.07) is 7.72. The van der Waals surface area contributed by atoms with Crippen molar-refractivity contribution in [1.29, 1.82) is 0 Å². The van der Waals surface area contributed by atoms with Gasteiger partial charge in [0.1, 0.15) is 0 Å².